The van der Waals surface area contributed by atoms with Crippen LogP contribution in [0.4, 0.5) is 0 Å². The summed E-state index contributed by atoms with van der Waals surface area (Å²) in [5.41, 5.74) is 0.519. The lowest BCUT2D eigenvalue weighted by Gasteiger charge is -2.37. The Labute approximate surface area is 182 Å². The van der Waals surface area contributed by atoms with Crippen molar-refractivity contribution in [1.29, 1.82) is 0 Å². The Morgan fingerprint density at radius 2 is 1.77 bits per heavy atom. The lowest BCUT2D eigenvalue weighted by atomic mass is 9.63. The van der Waals surface area contributed by atoms with E-state index < -0.39 is 5.97 Å². The lowest BCUT2D eigenvalue weighted by Crippen LogP contribution is -2.40. The van der Waals surface area contributed by atoms with Crippen molar-refractivity contribution >= 4 is 35.6 Å². The highest BCUT2D eigenvalue weighted by molar-refractivity contribution is 6.33. The lowest BCUT2D eigenvalue weighted by molar-refractivity contribution is -0.140. The minimum Gasteiger partial charge on any atom is -0.478 e. The van der Waals surface area contributed by atoms with Crippen LogP contribution in [0.3, 0.4) is 0 Å². The largest absolute Gasteiger partial charge is 0.478 e. The third-order valence-electron chi connectivity index (χ3n) is 7.05. The molecule has 1 N–H and O–H groups in total. The number of hydrogen-bond donors (Lipinski definition) is 1. The summed E-state index contributed by atoms with van der Waals surface area (Å²) >= 11 is 5.92. The molecule has 0 spiro atoms. The van der Waals surface area contributed by atoms with Gasteiger partial charge in [-0.25, -0.2) is 4.79 Å². The second-order valence-corrected chi connectivity index (χ2v) is 9.00. The first-order chi connectivity index (χ1) is 14.9. The van der Waals surface area contributed by atoms with E-state index in [1.807, 2.05) is 0 Å². The summed E-state index contributed by atoms with van der Waals surface area (Å²) in [5, 5.41) is 14.5. The second kappa shape index (κ2) is 6.40. The number of hydrazone groups is 1. The number of allylic oxidation sites excluding steroid dienone is 2. The third kappa shape index (κ3) is 2.66. The first-order valence-electron chi connectivity index (χ1n) is 10.2. The quantitative estimate of drug-likeness (QED) is 0.447. The fourth-order valence-electron chi connectivity index (χ4n) is 5.59. The highest BCUT2D eigenvalue weighted by Crippen LogP contribution is 2.65. The van der Waals surface area contributed by atoms with Crippen LogP contribution in [0.1, 0.15) is 22.5 Å². The van der Waals surface area contributed by atoms with Gasteiger partial charge in [-0.1, -0.05) is 23.8 Å². The zero-order chi connectivity index (χ0) is 21.4. The molecule has 4 aliphatic carbocycles. The molecular weight excluding hydrogens is 420 g/mol. The standard InChI is InChI=1S/C23H17ClN2O5/c24-17-5-1-10(7-16(17)23(29)30)18-6-2-11(31-18)9-25-26-21(27)19-12-3-4-13(15-8-14(12)15)20(19)22(26)28/h1-7,9,12-15,19-20H,8H2,(H,29,30)/b25-9-/t12-,13-,14-,15-,19-,20+/m0/s1. The molecule has 3 fully saturated rings. The monoisotopic (exact) mass is 436 g/mol. The van der Waals surface area contributed by atoms with Gasteiger partial charge >= 0.3 is 5.97 Å². The van der Waals surface area contributed by atoms with Crippen LogP contribution in [-0.4, -0.2) is 34.1 Å². The van der Waals surface area contributed by atoms with E-state index in [0.29, 0.717) is 28.9 Å². The Kier molecular flexibility index (Phi) is 3.84. The summed E-state index contributed by atoms with van der Waals surface area (Å²) in [6, 6.07) is 7.89. The Morgan fingerprint density at radius 1 is 1.10 bits per heavy atom. The number of carbonyl (C=O) groups is 3. The number of carboxylic acids is 1. The summed E-state index contributed by atoms with van der Waals surface area (Å²) in [6.45, 7) is 0. The molecule has 2 saturated carbocycles. The van der Waals surface area contributed by atoms with Crippen molar-refractivity contribution < 1.29 is 23.9 Å². The molecule has 1 aromatic heterocycles. The van der Waals surface area contributed by atoms with Crippen molar-refractivity contribution in [2.24, 2.45) is 40.6 Å². The maximum absolute atomic E-state index is 12.9. The van der Waals surface area contributed by atoms with E-state index >= 15 is 0 Å². The Hall–Kier alpha value is -3.19. The van der Waals surface area contributed by atoms with Gasteiger partial charge in [-0.15, -0.1) is 0 Å². The summed E-state index contributed by atoms with van der Waals surface area (Å²) < 4.78 is 5.73. The van der Waals surface area contributed by atoms with Crippen molar-refractivity contribution in [2.75, 3.05) is 0 Å². The number of amides is 2. The average Bonchev–Trinajstić information content (AvgIpc) is 3.39. The second-order valence-electron chi connectivity index (χ2n) is 8.59. The van der Waals surface area contributed by atoms with Gasteiger partial charge in [-0.2, -0.15) is 10.1 Å². The van der Waals surface area contributed by atoms with Gasteiger partial charge in [0.25, 0.3) is 11.8 Å². The fraction of sp³-hybridized carbons (Fsp3) is 0.304. The molecule has 7 nitrogen and oxygen atoms in total. The number of imide groups is 1. The molecule has 7 rings (SSSR count). The van der Waals surface area contributed by atoms with Gasteiger partial charge in [0.05, 0.1) is 28.6 Å². The smallest absolute Gasteiger partial charge is 0.337 e. The first-order valence-corrected chi connectivity index (χ1v) is 10.5. The predicted octanol–water partition coefficient (Wildman–Crippen LogP) is 3.69. The molecule has 1 aromatic carbocycles. The number of benzene rings is 1. The number of carbonyl (C=O) groups excluding carboxylic acids is 2. The van der Waals surface area contributed by atoms with Gasteiger partial charge in [0, 0.05) is 5.56 Å². The molecular formula is C23H17ClN2O5. The van der Waals surface area contributed by atoms with E-state index in [1.165, 1.54) is 18.3 Å². The molecule has 2 heterocycles. The van der Waals surface area contributed by atoms with E-state index in [9.17, 15) is 19.5 Å². The van der Waals surface area contributed by atoms with Crippen LogP contribution in [0.5, 0.6) is 0 Å². The molecule has 2 bridgehead atoms. The Balaban J connectivity index is 1.24. The molecule has 5 aliphatic rings. The van der Waals surface area contributed by atoms with E-state index in [0.717, 1.165) is 11.4 Å². The van der Waals surface area contributed by atoms with Crippen LogP contribution in [0.25, 0.3) is 11.3 Å². The molecule has 0 radical (unpaired) electrons. The van der Waals surface area contributed by atoms with Crippen molar-refractivity contribution in [1.82, 2.24) is 5.01 Å². The van der Waals surface area contributed by atoms with E-state index in [2.05, 4.69) is 17.3 Å². The Morgan fingerprint density at radius 3 is 2.42 bits per heavy atom. The van der Waals surface area contributed by atoms with Gasteiger partial charge < -0.3 is 9.52 Å². The Bertz CT molecular complexity index is 1180. The SMILES string of the molecule is O=C(O)c1cc(-c2ccc(/C=N\N3C(=O)[C@@H]4[C@H]5C=C[C@@H]([C@@H]6C[C@@H]56)[C@@H]4C3=O)o2)ccc1Cl. The number of furan rings is 1. The highest BCUT2D eigenvalue weighted by Gasteiger charge is 2.67. The summed E-state index contributed by atoms with van der Waals surface area (Å²) in [6.07, 6.45) is 6.70. The molecule has 2 amide bonds. The van der Waals surface area contributed by atoms with Gasteiger partial charge in [0.1, 0.15) is 11.5 Å². The summed E-state index contributed by atoms with van der Waals surface area (Å²) in [4.78, 5) is 37.2. The number of hydrogen-bond acceptors (Lipinski definition) is 5. The minimum absolute atomic E-state index is 0.0251. The highest BCUT2D eigenvalue weighted by atomic mass is 35.5. The topological polar surface area (TPSA) is 100 Å². The normalized spacial score (nSPS) is 32.6. The molecule has 1 saturated heterocycles. The van der Waals surface area contributed by atoms with E-state index in [-0.39, 0.29) is 46.1 Å². The van der Waals surface area contributed by atoms with Crippen LogP contribution in [0.2, 0.25) is 5.02 Å². The van der Waals surface area contributed by atoms with Crippen LogP contribution >= 0.6 is 11.6 Å². The van der Waals surface area contributed by atoms with Gasteiger partial charge in [0.15, 0.2) is 0 Å². The van der Waals surface area contributed by atoms with Crippen LogP contribution < -0.4 is 0 Å². The number of halogens is 1. The molecule has 1 aliphatic heterocycles. The summed E-state index contributed by atoms with van der Waals surface area (Å²) in [5.74, 6) is -0.0124. The van der Waals surface area contributed by atoms with Crippen LogP contribution in [0, 0.1) is 35.5 Å². The van der Waals surface area contributed by atoms with Crippen LogP contribution in [-0.2, 0) is 9.59 Å². The molecule has 6 atom stereocenters. The molecule has 31 heavy (non-hydrogen) atoms. The van der Waals surface area contributed by atoms with E-state index in [1.54, 1.807) is 18.2 Å². The summed E-state index contributed by atoms with van der Waals surface area (Å²) in [7, 11) is 0. The van der Waals surface area contributed by atoms with Gasteiger partial charge in [0.2, 0.25) is 0 Å². The molecule has 8 heteroatoms. The minimum atomic E-state index is -1.13. The molecule has 0 unspecified atom stereocenters. The zero-order valence-electron chi connectivity index (χ0n) is 16.1. The maximum atomic E-state index is 12.9. The van der Waals surface area contributed by atoms with E-state index in [4.69, 9.17) is 16.0 Å². The predicted molar refractivity (Wildman–Crippen MR) is 110 cm³/mol. The number of rotatable bonds is 4. The third-order valence-corrected chi connectivity index (χ3v) is 7.38. The van der Waals surface area contributed by atoms with Crippen molar-refractivity contribution in [2.45, 2.75) is 6.42 Å². The van der Waals surface area contributed by atoms with Crippen molar-refractivity contribution in [3.05, 3.63) is 58.8 Å². The maximum Gasteiger partial charge on any atom is 0.337 e. The number of carboxylic acid groups (broad SMARTS) is 1. The van der Waals surface area contributed by atoms with Crippen molar-refractivity contribution in [3.8, 4) is 11.3 Å². The fourth-order valence-corrected chi connectivity index (χ4v) is 5.79. The van der Waals surface area contributed by atoms with Gasteiger partial charge in [-0.3, -0.25) is 9.59 Å². The number of aromatic carboxylic acids is 1. The zero-order valence-corrected chi connectivity index (χ0v) is 16.9. The van der Waals surface area contributed by atoms with Crippen molar-refractivity contribution in [3.63, 3.8) is 0 Å². The first kappa shape index (κ1) is 18.6. The van der Waals surface area contributed by atoms with Crippen LogP contribution in [0.15, 0.2) is 52.0 Å². The molecule has 156 valence electrons. The molecule has 2 aromatic rings. The number of nitrogens with zero attached hydrogens (tertiary/aromatic N) is 2. The average molecular weight is 437 g/mol. The van der Waals surface area contributed by atoms with Gasteiger partial charge in [-0.05, 0) is 60.4 Å².